The molecule has 25 heavy (non-hydrogen) atoms. The van der Waals surface area contributed by atoms with E-state index < -0.39 is 0 Å². The zero-order valence-electron chi connectivity index (χ0n) is 13.4. The molecule has 1 aliphatic carbocycles. The summed E-state index contributed by atoms with van der Waals surface area (Å²) in [7, 11) is 0. The molecule has 0 amide bonds. The molecule has 0 saturated carbocycles. The van der Waals surface area contributed by atoms with Gasteiger partial charge in [0, 0.05) is 25.5 Å². The molecule has 4 aromatic rings. The van der Waals surface area contributed by atoms with Gasteiger partial charge in [0.25, 0.3) is 0 Å². The Kier molecular flexibility index (Phi) is 3.88. The molecule has 0 fully saturated rings. The second-order valence-electron chi connectivity index (χ2n) is 6.04. The summed E-state index contributed by atoms with van der Waals surface area (Å²) in [5, 5.41) is 1.25. The van der Waals surface area contributed by atoms with E-state index in [-0.39, 0.29) is 20.1 Å². The summed E-state index contributed by atoms with van der Waals surface area (Å²) < 4.78 is 0. The summed E-state index contributed by atoms with van der Waals surface area (Å²) >= 11 is 0. The third-order valence-electron chi connectivity index (χ3n) is 4.68. The molecule has 1 aromatic heterocycles. The molecule has 1 radical (unpaired) electrons. The van der Waals surface area contributed by atoms with Gasteiger partial charge in [-0.2, -0.15) is 0 Å². The molecule has 0 unspecified atom stereocenters. The van der Waals surface area contributed by atoms with E-state index in [0.29, 0.717) is 0 Å². The molecular weight excluding hydrogens is 482 g/mol. The van der Waals surface area contributed by atoms with E-state index in [4.69, 9.17) is 4.98 Å². The Morgan fingerprint density at radius 3 is 2.40 bits per heavy atom. The predicted octanol–water partition coefficient (Wildman–Crippen LogP) is 5.99. The average molecular weight is 497 g/mol. The molecule has 0 N–H and O–H groups in total. The van der Waals surface area contributed by atoms with E-state index in [1.165, 1.54) is 27.6 Å². The van der Waals surface area contributed by atoms with Gasteiger partial charge in [0.05, 0.1) is 5.52 Å². The first-order chi connectivity index (χ1) is 11.8. The van der Waals surface area contributed by atoms with Crippen molar-refractivity contribution in [3.05, 3.63) is 84.9 Å². The van der Waals surface area contributed by atoms with Gasteiger partial charge >= 0.3 is 0 Å². The average Bonchev–Trinajstić information content (AvgIpc) is 2.98. The molecule has 0 bridgehead atoms. The summed E-state index contributed by atoms with van der Waals surface area (Å²) in [6.07, 6.45) is 1.85. The third kappa shape index (κ3) is 2.38. The van der Waals surface area contributed by atoms with Crippen LogP contribution in [0.2, 0.25) is 0 Å². The number of nitrogens with zero attached hydrogens (tertiary/aromatic N) is 1. The maximum atomic E-state index is 4.90. The Hall–Kier alpha value is -2.54. The fourth-order valence-corrected chi connectivity index (χ4v) is 3.57. The van der Waals surface area contributed by atoms with Crippen molar-refractivity contribution in [3.63, 3.8) is 0 Å². The molecule has 0 atom stereocenters. The Morgan fingerprint density at radius 2 is 1.60 bits per heavy atom. The van der Waals surface area contributed by atoms with Gasteiger partial charge in [0.1, 0.15) is 0 Å². The second kappa shape index (κ2) is 6.07. The number of aromatic nitrogens is 1. The van der Waals surface area contributed by atoms with E-state index in [9.17, 15) is 0 Å². The van der Waals surface area contributed by atoms with E-state index >= 15 is 0 Å². The molecule has 1 heterocycles. The molecular formula is C23H14IrN-. The van der Waals surface area contributed by atoms with Crippen LogP contribution in [0.3, 0.4) is 0 Å². The maximum absolute atomic E-state index is 4.90. The van der Waals surface area contributed by atoms with E-state index in [0.717, 1.165) is 22.3 Å². The largest absolute Gasteiger partial charge is 0.296 e. The number of rotatable bonds is 2. The van der Waals surface area contributed by atoms with Crippen molar-refractivity contribution in [2.24, 2.45) is 0 Å². The monoisotopic (exact) mass is 497 g/mol. The van der Waals surface area contributed by atoms with Crippen molar-refractivity contribution in [1.82, 2.24) is 4.98 Å². The summed E-state index contributed by atoms with van der Waals surface area (Å²) in [6, 6.07) is 26.5. The first-order valence-electron chi connectivity index (χ1n) is 8.03. The van der Waals surface area contributed by atoms with Crippen molar-refractivity contribution >= 4 is 17.0 Å². The number of hydrogen-bond donors (Lipinski definition) is 0. The molecule has 0 aliphatic heterocycles. The van der Waals surface area contributed by atoms with Gasteiger partial charge in [-0.1, -0.05) is 48.5 Å². The second-order valence-corrected chi connectivity index (χ2v) is 6.04. The van der Waals surface area contributed by atoms with Crippen LogP contribution >= 0.6 is 0 Å². The van der Waals surface area contributed by atoms with Crippen LogP contribution in [0.1, 0.15) is 5.56 Å². The van der Waals surface area contributed by atoms with Gasteiger partial charge in [-0.05, 0) is 34.0 Å². The minimum Gasteiger partial charge on any atom is -0.296 e. The third-order valence-corrected chi connectivity index (χ3v) is 4.68. The van der Waals surface area contributed by atoms with Crippen molar-refractivity contribution in [2.45, 2.75) is 0 Å². The van der Waals surface area contributed by atoms with Gasteiger partial charge in [-0.25, -0.2) is 0 Å². The predicted molar refractivity (Wildman–Crippen MR) is 101 cm³/mol. The standard InChI is InChI=1S/C23H14N.Ir/c1-2-15-7-5-8-16(13-15)22-14-20-18-10-4-3-9-17(18)19-11-6-12-21(24-22)23(19)20;/h2-7,9-14H,1H2;/q-1;. The maximum Gasteiger partial charge on any atom is 0.0607 e. The molecule has 1 aliphatic rings. The SMILES string of the molecule is C=Cc1cc[c-]c(-c2cc3c4c(cccc4n2)-c2ccccc2-3)c1.[Ir]. The van der Waals surface area contributed by atoms with Gasteiger partial charge in [-0.3, -0.25) is 4.98 Å². The molecule has 0 spiro atoms. The normalized spacial score (nSPS) is 11.0. The topological polar surface area (TPSA) is 12.9 Å². The van der Waals surface area contributed by atoms with Gasteiger partial charge in [0.15, 0.2) is 0 Å². The van der Waals surface area contributed by atoms with Crippen LogP contribution in [0.25, 0.3) is 50.5 Å². The zero-order valence-corrected chi connectivity index (χ0v) is 15.8. The Balaban J connectivity index is 0.00000157. The van der Waals surface area contributed by atoms with Crippen LogP contribution in [0.4, 0.5) is 0 Å². The van der Waals surface area contributed by atoms with Crippen molar-refractivity contribution in [1.29, 1.82) is 0 Å². The smallest absolute Gasteiger partial charge is 0.0607 e. The Bertz CT molecular complexity index is 1130. The van der Waals surface area contributed by atoms with Crippen molar-refractivity contribution in [2.75, 3.05) is 0 Å². The van der Waals surface area contributed by atoms with Gasteiger partial charge in [-0.15, -0.1) is 42.0 Å². The summed E-state index contributed by atoms with van der Waals surface area (Å²) in [5.41, 5.74) is 9.19. The molecule has 2 heteroatoms. The number of benzene rings is 3. The molecule has 1 nitrogen and oxygen atoms in total. The minimum atomic E-state index is 0. The van der Waals surface area contributed by atoms with Crippen LogP contribution in [0, 0.1) is 6.07 Å². The Labute approximate surface area is 160 Å². The summed E-state index contributed by atoms with van der Waals surface area (Å²) in [4.78, 5) is 4.90. The first-order valence-corrected chi connectivity index (χ1v) is 8.03. The van der Waals surface area contributed by atoms with E-state index in [2.05, 4.69) is 67.2 Å². The Morgan fingerprint density at radius 1 is 0.840 bits per heavy atom. The number of pyridine rings is 1. The quantitative estimate of drug-likeness (QED) is 0.274. The van der Waals surface area contributed by atoms with Crippen LogP contribution in [0.15, 0.2) is 73.3 Å². The van der Waals surface area contributed by atoms with Crippen LogP contribution < -0.4 is 0 Å². The minimum absolute atomic E-state index is 0. The summed E-state index contributed by atoms with van der Waals surface area (Å²) in [6.45, 7) is 3.85. The molecule has 5 rings (SSSR count). The number of fused-ring (bicyclic) bond motifs is 3. The van der Waals surface area contributed by atoms with Crippen molar-refractivity contribution < 1.29 is 20.1 Å². The van der Waals surface area contributed by atoms with Crippen LogP contribution in [-0.4, -0.2) is 4.98 Å². The molecule has 0 saturated heterocycles. The fraction of sp³-hybridized carbons (Fsp3) is 0. The van der Waals surface area contributed by atoms with Crippen LogP contribution in [0.5, 0.6) is 0 Å². The fourth-order valence-electron chi connectivity index (χ4n) is 3.57. The van der Waals surface area contributed by atoms with E-state index in [1.807, 2.05) is 18.2 Å². The zero-order chi connectivity index (χ0) is 16.1. The number of hydrogen-bond acceptors (Lipinski definition) is 1. The molecule has 121 valence electrons. The van der Waals surface area contributed by atoms with Crippen LogP contribution in [-0.2, 0) is 20.1 Å². The van der Waals surface area contributed by atoms with E-state index in [1.54, 1.807) is 0 Å². The summed E-state index contributed by atoms with van der Waals surface area (Å²) in [5.74, 6) is 0. The van der Waals surface area contributed by atoms with Gasteiger partial charge in [0.2, 0.25) is 0 Å². The first kappa shape index (κ1) is 16.0. The van der Waals surface area contributed by atoms with Gasteiger partial charge < -0.3 is 0 Å². The molecule has 3 aromatic carbocycles. The van der Waals surface area contributed by atoms with Crippen molar-refractivity contribution in [3.8, 4) is 33.5 Å².